The Morgan fingerprint density at radius 1 is 0.797 bits per heavy atom. The number of H-pyrrole nitrogens is 2. The zero-order valence-corrected chi connectivity index (χ0v) is 34.6. The van der Waals surface area contributed by atoms with E-state index in [-0.39, 0.29) is 60.3 Å². The number of aromatic amines is 2. The topological polar surface area (TPSA) is 174 Å². The first-order valence-corrected chi connectivity index (χ1v) is 21.1. The summed E-state index contributed by atoms with van der Waals surface area (Å²) in [5.41, 5.74) is 6.79. The van der Waals surface area contributed by atoms with Gasteiger partial charge in [0, 0.05) is 43.1 Å². The quantitative estimate of drug-likeness (QED) is 0.119. The third kappa shape index (κ3) is 7.74. The molecule has 4 aliphatic rings. The average molecular weight is 806 g/mol. The van der Waals surface area contributed by atoms with Crippen LogP contribution in [0.1, 0.15) is 102 Å². The summed E-state index contributed by atoms with van der Waals surface area (Å²) < 4.78 is 11.6. The number of imidazole rings is 2. The molecule has 4 atom stereocenters. The fraction of sp³-hybridized carbons (Fsp3) is 0.511. The molecule has 3 N–H and O–H groups in total. The molecule has 6 heterocycles. The minimum absolute atomic E-state index is 0.0132. The summed E-state index contributed by atoms with van der Waals surface area (Å²) in [7, 11) is 1.35. The maximum Gasteiger partial charge on any atom is 0.306 e. The number of Topliss-reactive ketones (excluding diaryl/α,β-unsaturated/α-hetero) is 1. The van der Waals surface area contributed by atoms with Gasteiger partial charge in [0.25, 0.3) is 0 Å². The number of nitrogens with one attached hydrogen (secondary N) is 2. The van der Waals surface area contributed by atoms with Crippen molar-refractivity contribution in [1.82, 2.24) is 29.7 Å². The largest absolute Gasteiger partial charge is 0.469 e. The van der Waals surface area contributed by atoms with Crippen LogP contribution in [-0.4, -0.2) is 91.8 Å². The molecule has 312 valence electrons. The number of rotatable bonds is 13. The number of aliphatic hydroxyl groups excluding tert-OH is 1. The van der Waals surface area contributed by atoms with E-state index < -0.39 is 18.4 Å². The van der Waals surface area contributed by atoms with Crippen LogP contribution in [0.5, 0.6) is 11.5 Å². The van der Waals surface area contributed by atoms with Crippen molar-refractivity contribution in [3.63, 3.8) is 0 Å². The number of aromatic nitrogens is 4. The number of amides is 2. The van der Waals surface area contributed by atoms with Crippen molar-refractivity contribution in [3.8, 4) is 34.0 Å². The molecule has 8 rings (SSSR count). The number of likely N-dealkylation sites (tertiary alicyclic amines) is 2. The molecular formula is C45H55N7O7. The predicted octanol–water partition coefficient (Wildman–Crippen LogP) is 7.04. The summed E-state index contributed by atoms with van der Waals surface area (Å²) in [5, 5.41) is 9.37. The van der Waals surface area contributed by atoms with Crippen molar-refractivity contribution in [2.45, 2.75) is 91.1 Å². The highest BCUT2D eigenvalue weighted by Crippen LogP contribution is 2.52. The van der Waals surface area contributed by atoms with E-state index in [0.717, 1.165) is 102 Å². The maximum atomic E-state index is 13.8. The fourth-order valence-corrected chi connectivity index (χ4v) is 9.43. The van der Waals surface area contributed by atoms with Gasteiger partial charge in [0.15, 0.2) is 17.3 Å². The first-order valence-electron chi connectivity index (χ1n) is 21.1. The molecule has 0 spiro atoms. The Labute approximate surface area is 344 Å². The van der Waals surface area contributed by atoms with Crippen LogP contribution in [0.15, 0.2) is 42.7 Å². The average Bonchev–Trinajstić information content (AvgIpc) is 4.08. The number of aryl methyl sites for hydroxylation is 1. The van der Waals surface area contributed by atoms with Gasteiger partial charge in [-0.2, -0.15) is 0 Å². The molecule has 0 unspecified atom stereocenters. The van der Waals surface area contributed by atoms with Crippen LogP contribution in [0.2, 0.25) is 0 Å². The molecule has 0 radical (unpaired) electrons. The van der Waals surface area contributed by atoms with Gasteiger partial charge in [-0.25, -0.2) is 9.97 Å². The molecular weight excluding hydrogens is 751 g/mol. The molecule has 4 aliphatic heterocycles. The van der Waals surface area contributed by atoms with Crippen molar-refractivity contribution < 1.29 is 33.8 Å². The van der Waals surface area contributed by atoms with Gasteiger partial charge in [0.05, 0.1) is 66.7 Å². The number of methoxy groups -OCH3 is 1. The van der Waals surface area contributed by atoms with Crippen LogP contribution in [-0.2, 0) is 30.3 Å². The normalized spacial score (nSPS) is 19.4. The molecule has 4 aromatic rings. The zero-order valence-electron chi connectivity index (χ0n) is 34.6. The van der Waals surface area contributed by atoms with Crippen molar-refractivity contribution in [2.24, 2.45) is 23.7 Å². The second-order valence-corrected chi connectivity index (χ2v) is 17.1. The lowest BCUT2D eigenvalue weighted by molar-refractivity contribution is -0.148. The van der Waals surface area contributed by atoms with Crippen LogP contribution in [0, 0.1) is 23.7 Å². The standard InChI is InChI=1S/C45H55N7O7/c1-25(2)31(20-30(54)24-53)44(56)51-15-7-11-37(51)43-47-23-34(49-43)29-17-28-9-6-14-50-35-13-12-27(18-38(35)59-39(19-29)41(28)50)33-22-46-42(48-33)36-10-8-16-52(36)45(57)32(26(3)4)21-40(55)58-5/h12-13,17-19,22-23,25-26,31-32,36-37,53H,6-11,14-16,20-21,24H2,1-5H3,(H,46,48)(H,47,49)/t31-,32-,36-,37-/m0/s1. The summed E-state index contributed by atoms with van der Waals surface area (Å²) in [6.45, 7) is 9.32. The molecule has 14 heteroatoms. The van der Waals surface area contributed by atoms with Crippen LogP contribution in [0.3, 0.4) is 0 Å². The van der Waals surface area contributed by atoms with E-state index in [1.807, 2.05) is 56.0 Å². The highest BCUT2D eigenvalue weighted by molar-refractivity contribution is 5.88. The summed E-state index contributed by atoms with van der Waals surface area (Å²) in [6, 6.07) is 10.0. The van der Waals surface area contributed by atoms with E-state index >= 15 is 0 Å². The van der Waals surface area contributed by atoms with E-state index in [2.05, 4.69) is 39.1 Å². The molecule has 59 heavy (non-hydrogen) atoms. The van der Waals surface area contributed by atoms with Crippen molar-refractivity contribution in [2.75, 3.05) is 38.3 Å². The van der Waals surface area contributed by atoms with Crippen molar-refractivity contribution in [1.29, 1.82) is 0 Å². The summed E-state index contributed by atoms with van der Waals surface area (Å²) >= 11 is 0. The Morgan fingerprint density at radius 3 is 1.98 bits per heavy atom. The van der Waals surface area contributed by atoms with E-state index in [1.54, 1.807) is 0 Å². The van der Waals surface area contributed by atoms with Crippen LogP contribution in [0.25, 0.3) is 22.5 Å². The number of ether oxygens (including phenoxy) is 2. The highest BCUT2D eigenvalue weighted by Gasteiger charge is 2.39. The van der Waals surface area contributed by atoms with Gasteiger partial charge in [0.1, 0.15) is 18.3 Å². The number of benzene rings is 2. The Kier molecular flexibility index (Phi) is 11.4. The number of hydrogen-bond donors (Lipinski definition) is 3. The lowest BCUT2D eigenvalue weighted by atomic mass is 9.89. The maximum absolute atomic E-state index is 13.8. The van der Waals surface area contributed by atoms with Gasteiger partial charge in [-0.3, -0.25) is 19.2 Å². The number of aliphatic hydroxyl groups is 1. The minimum atomic E-state index is -0.561. The Morgan fingerprint density at radius 2 is 1.39 bits per heavy atom. The number of hydrogen-bond acceptors (Lipinski definition) is 10. The van der Waals surface area contributed by atoms with Gasteiger partial charge >= 0.3 is 5.97 Å². The van der Waals surface area contributed by atoms with Crippen LogP contribution < -0.4 is 9.64 Å². The number of carbonyl (C=O) groups excluding carboxylic acids is 4. The lowest BCUT2D eigenvalue weighted by Crippen LogP contribution is -2.39. The molecule has 2 saturated heterocycles. The second kappa shape index (κ2) is 16.6. The molecule has 2 aromatic heterocycles. The van der Waals surface area contributed by atoms with Crippen LogP contribution in [0.4, 0.5) is 11.4 Å². The van der Waals surface area contributed by atoms with Gasteiger partial charge in [-0.05, 0) is 80.2 Å². The second-order valence-electron chi connectivity index (χ2n) is 17.1. The number of nitrogens with zero attached hydrogens (tertiary/aromatic N) is 5. The number of anilines is 2. The van der Waals surface area contributed by atoms with E-state index in [9.17, 15) is 24.3 Å². The van der Waals surface area contributed by atoms with E-state index in [4.69, 9.17) is 19.4 Å². The van der Waals surface area contributed by atoms with Crippen molar-refractivity contribution >= 4 is 34.9 Å². The smallest absolute Gasteiger partial charge is 0.306 e. The van der Waals surface area contributed by atoms with E-state index in [1.165, 1.54) is 12.7 Å². The van der Waals surface area contributed by atoms with Gasteiger partial charge < -0.3 is 39.2 Å². The summed E-state index contributed by atoms with van der Waals surface area (Å²) in [5.74, 6) is 1.12. The first-order chi connectivity index (χ1) is 28.4. The summed E-state index contributed by atoms with van der Waals surface area (Å²) in [6.07, 6.45) is 8.88. The molecule has 2 fully saturated rings. The summed E-state index contributed by atoms with van der Waals surface area (Å²) in [4.78, 5) is 74.5. The molecule has 0 bridgehead atoms. The Bertz CT molecular complexity index is 2240. The first kappa shape index (κ1) is 40.3. The monoisotopic (exact) mass is 805 g/mol. The number of fused-ring (bicyclic) bond motifs is 2. The molecule has 2 amide bonds. The van der Waals surface area contributed by atoms with Crippen molar-refractivity contribution in [3.05, 3.63) is 59.9 Å². The third-order valence-electron chi connectivity index (χ3n) is 12.7. The highest BCUT2D eigenvalue weighted by atomic mass is 16.5. The fourth-order valence-electron chi connectivity index (χ4n) is 9.43. The van der Waals surface area contributed by atoms with Gasteiger partial charge in [-0.15, -0.1) is 0 Å². The molecule has 0 aliphatic carbocycles. The molecule has 14 nitrogen and oxygen atoms in total. The van der Waals surface area contributed by atoms with Crippen LogP contribution >= 0.6 is 0 Å². The van der Waals surface area contributed by atoms with E-state index in [0.29, 0.717) is 13.1 Å². The van der Waals surface area contributed by atoms with Gasteiger partial charge in [0.2, 0.25) is 11.8 Å². The Balaban J connectivity index is 1.02. The Hall–Kier alpha value is -5.50. The number of ketones is 1. The third-order valence-corrected chi connectivity index (χ3v) is 12.7. The lowest BCUT2D eigenvalue weighted by Gasteiger charge is -2.37. The number of esters is 1. The predicted molar refractivity (Wildman–Crippen MR) is 221 cm³/mol. The molecule has 2 aromatic carbocycles. The minimum Gasteiger partial charge on any atom is -0.469 e. The number of carbonyl (C=O) groups is 4. The zero-order chi connectivity index (χ0) is 41.5. The van der Waals surface area contributed by atoms with Gasteiger partial charge in [-0.1, -0.05) is 33.8 Å². The molecule has 0 saturated carbocycles. The SMILES string of the molecule is COC(=O)C[C@H](C(=O)N1CCC[C@H]1c1ncc(-c2ccc3c(c2)Oc2cc(-c4cnc([C@@H]5CCCN5C(=O)[C@@H](CC(=O)CO)C(C)C)[nH]4)cc4c2N3CCC4)[nH]1)C(C)C.